The van der Waals surface area contributed by atoms with Gasteiger partial charge in [-0.2, -0.15) is 0 Å². The number of phenols is 1. The maximum atomic E-state index is 9.15. The maximum absolute atomic E-state index is 9.15. The molecule has 1 atom stereocenters. The second kappa shape index (κ2) is 3.45. The van der Waals surface area contributed by atoms with Gasteiger partial charge in [-0.25, -0.2) is 0 Å². The number of rotatable bonds is 2. The molecule has 3 heteroatoms. The fraction of sp³-hybridized carbons (Fsp3) is 0.333. The molecular weight excluding hydrogens is 152 g/mol. The first-order valence-corrected chi connectivity index (χ1v) is 3.91. The number of nitrogen functional groups attached to an aromatic ring is 1. The SMILES string of the molecule is CNC(C)c1ccc(O)c(N)c1. The Bertz CT molecular complexity index is 273. The monoisotopic (exact) mass is 166 g/mol. The van der Waals surface area contributed by atoms with E-state index >= 15 is 0 Å². The molecule has 0 bridgehead atoms. The van der Waals surface area contributed by atoms with Crippen molar-refractivity contribution in [3.8, 4) is 5.75 Å². The maximum Gasteiger partial charge on any atom is 0.138 e. The Kier molecular flexibility index (Phi) is 2.55. The number of aromatic hydroxyl groups is 1. The van der Waals surface area contributed by atoms with Crippen LogP contribution in [-0.4, -0.2) is 12.2 Å². The predicted molar refractivity (Wildman–Crippen MR) is 50.0 cm³/mol. The average molecular weight is 166 g/mol. The molecule has 0 aliphatic heterocycles. The highest BCUT2D eigenvalue weighted by Crippen LogP contribution is 2.23. The second-order valence-corrected chi connectivity index (χ2v) is 2.83. The van der Waals surface area contributed by atoms with E-state index in [0.717, 1.165) is 5.56 Å². The predicted octanol–water partition coefficient (Wildman–Crippen LogP) is 1.25. The molecule has 0 radical (unpaired) electrons. The van der Waals surface area contributed by atoms with Gasteiger partial charge < -0.3 is 16.2 Å². The average Bonchev–Trinajstić information content (AvgIpc) is 2.08. The Morgan fingerprint density at radius 1 is 1.50 bits per heavy atom. The van der Waals surface area contributed by atoms with Gasteiger partial charge in [-0.15, -0.1) is 0 Å². The summed E-state index contributed by atoms with van der Waals surface area (Å²) in [6.07, 6.45) is 0. The zero-order chi connectivity index (χ0) is 9.14. The molecule has 4 N–H and O–H groups in total. The Morgan fingerprint density at radius 3 is 2.67 bits per heavy atom. The summed E-state index contributed by atoms with van der Waals surface area (Å²) < 4.78 is 0. The van der Waals surface area contributed by atoms with Gasteiger partial charge in [-0.1, -0.05) is 6.07 Å². The van der Waals surface area contributed by atoms with E-state index < -0.39 is 0 Å². The lowest BCUT2D eigenvalue weighted by Crippen LogP contribution is -2.12. The number of nitrogens with two attached hydrogens (primary N) is 1. The van der Waals surface area contributed by atoms with E-state index in [1.807, 2.05) is 20.0 Å². The van der Waals surface area contributed by atoms with Gasteiger partial charge in [-0.3, -0.25) is 0 Å². The second-order valence-electron chi connectivity index (χ2n) is 2.83. The van der Waals surface area contributed by atoms with E-state index in [9.17, 15) is 0 Å². The molecule has 12 heavy (non-hydrogen) atoms. The third kappa shape index (κ3) is 1.68. The number of phenolic OH excluding ortho intramolecular Hbond substituents is 1. The molecule has 0 aromatic heterocycles. The van der Waals surface area contributed by atoms with Crippen LogP contribution in [0.2, 0.25) is 0 Å². The van der Waals surface area contributed by atoms with Crippen LogP contribution in [0.1, 0.15) is 18.5 Å². The molecule has 1 unspecified atom stereocenters. The lowest BCUT2D eigenvalue weighted by atomic mass is 10.1. The van der Waals surface area contributed by atoms with Gasteiger partial charge in [-0.05, 0) is 31.7 Å². The van der Waals surface area contributed by atoms with Crippen molar-refractivity contribution in [1.29, 1.82) is 0 Å². The fourth-order valence-electron chi connectivity index (χ4n) is 1.01. The van der Waals surface area contributed by atoms with E-state index in [2.05, 4.69) is 5.32 Å². The molecule has 1 aromatic rings. The van der Waals surface area contributed by atoms with Crippen LogP contribution in [-0.2, 0) is 0 Å². The highest BCUT2D eigenvalue weighted by Gasteiger charge is 2.03. The summed E-state index contributed by atoms with van der Waals surface area (Å²) in [7, 11) is 1.88. The molecule has 0 fully saturated rings. The minimum atomic E-state index is 0.141. The van der Waals surface area contributed by atoms with Crippen LogP contribution < -0.4 is 11.1 Å². The topological polar surface area (TPSA) is 58.3 Å². The lowest BCUT2D eigenvalue weighted by Gasteiger charge is -2.11. The molecule has 66 valence electrons. The lowest BCUT2D eigenvalue weighted by molar-refractivity contribution is 0.477. The van der Waals surface area contributed by atoms with E-state index in [1.54, 1.807) is 12.1 Å². The molecule has 0 aliphatic carbocycles. The molecule has 1 aromatic carbocycles. The third-order valence-corrected chi connectivity index (χ3v) is 1.98. The number of nitrogens with one attached hydrogen (secondary N) is 1. The Morgan fingerprint density at radius 2 is 2.17 bits per heavy atom. The van der Waals surface area contributed by atoms with Gasteiger partial charge in [0.05, 0.1) is 5.69 Å². The van der Waals surface area contributed by atoms with Crippen molar-refractivity contribution in [2.45, 2.75) is 13.0 Å². The molecule has 0 saturated carbocycles. The third-order valence-electron chi connectivity index (χ3n) is 1.98. The van der Waals surface area contributed by atoms with Gasteiger partial charge in [0.1, 0.15) is 5.75 Å². The molecule has 0 spiro atoms. The fourth-order valence-corrected chi connectivity index (χ4v) is 1.01. The first kappa shape index (κ1) is 8.87. The summed E-state index contributed by atoms with van der Waals surface area (Å²) in [6, 6.07) is 5.50. The Labute approximate surface area is 72.2 Å². The van der Waals surface area contributed by atoms with Gasteiger partial charge >= 0.3 is 0 Å². The first-order valence-electron chi connectivity index (χ1n) is 3.91. The van der Waals surface area contributed by atoms with Crippen LogP contribution in [0.5, 0.6) is 5.75 Å². The summed E-state index contributed by atoms with van der Waals surface area (Å²) in [5.41, 5.74) is 7.04. The van der Waals surface area contributed by atoms with Crippen molar-refractivity contribution in [3.05, 3.63) is 23.8 Å². The van der Waals surface area contributed by atoms with E-state index in [-0.39, 0.29) is 11.8 Å². The first-order chi connectivity index (χ1) is 5.65. The summed E-state index contributed by atoms with van der Waals surface area (Å²) in [4.78, 5) is 0. The van der Waals surface area contributed by atoms with E-state index in [4.69, 9.17) is 10.8 Å². The van der Waals surface area contributed by atoms with Crippen molar-refractivity contribution in [2.24, 2.45) is 0 Å². The minimum Gasteiger partial charge on any atom is -0.506 e. The van der Waals surface area contributed by atoms with Crippen LogP contribution in [0.15, 0.2) is 18.2 Å². The van der Waals surface area contributed by atoms with Crippen LogP contribution >= 0.6 is 0 Å². The summed E-state index contributed by atoms with van der Waals surface area (Å²) in [5, 5.41) is 12.2. The van der Waals surface area contributed by atoms with Gasteiger partial charge in [0.25, 0.3) is 0 Å². The Hall–Kier alpha value is -1.22. The molecular formula is C9H14N2O. The molecule has 0 aliphatic rings. The zero-order valence-corrected chi connectivity index (χ0v) is 7.33. The normalized spacial score (nSPS) is 12.8. The summed E-state index contributed by atoms with van der Waals surface area (Å²) >= 11 is 0. The van der Waals surface area contributed by atoms with Gasteiger partial charge in [0.15, 0.2) is 0 Å². The largest absolute Gasteiger partial charge is 0.506 e. The molecule has 0 saturated heterocycles. The van der Waals surface area contributed by atoms with Crippen molar-refractivity contribution in [2.75, 3.05) is 12.8 Å². The van der Waals surface area contributed by atoms with Crippen molar-refractivity contribution >= 4 is 5.69 Å². The van der Waals surface area contributed by atoms with Crippen molar-refractivity contribution < 1.29 is 5.11 Å². The quantitative estimate of drug-likeness (QED) is 0.458. The standard InChI is InChI=1S/C9H14N2O/c1-6(11-2)7-3-4-9(12)8(10)5-7/h3-6,11-12H,10H2,1-2H3. The van der Waals surface area contributed by atoms with E-state index in [0.29, 0.717) is 5.69 Å². The summed E-state index contributed by atoms with van der Waals surface area (Å²) in [5.74, 6) is 0.141. The number of hydrogen-bond acceptors (Lipinski definition) is 3. The molecule has 1 rings (SSSR count). The van der Waals surface area contributed by atoms with Crippen LogP contribution in [0, 0.1) is 0 Å². The van der Waals surface area contributed by atoms with E-state index in [1.165, 1.54) is 0 Å². The molecule has 0 heterocycles. The van der Waals surface area contributed by atoms with Gasteiger partial charge in [0.2, 0.25) is 0 Å². The van der Waals surface area contributed by atoms with Crippen LogP contribution in [0.4, 0.5) is 5.69 Å². The van der Waals surface area contributed by atoms with Crippen molar-refractivity contribution in [3.63, 3.8) is 0 Å². The van der Waals surface area contributed by atoms with Crippen LogP contribution in [0.25, 0.3) is 0 Å². The molecule has 3 nitrogen and oxygen atoms in total. The highest BCUT2D eigenvalue weighted by atomic mass is 16.3. The summed E-state index contributed by atoms with van der Waals surface area (Å²) in [6.45, 7) is 2.03. The zero-order valence-electron chi connectivity index (χ0n) is 7.33. The number of hydrogen-bond donors (Lipinski definition) is 3. The number of benzene rings is 1. The number of anilines is 1. The smallest absolute Gasteiger partial charge is 0.138 e. The van der Waals surface area contributed by atoms with Gasteiger partial charge in [0, 0.05) is 6.04 Å². The molecule has 0 amide bonds. The minimum absolute atomic E-state index is 0.141. The highest BCUT2D eigenvalue weighted by molar-refractivity contribution is 5.53. The van der Waals surface area contributed by atoms with Crippen molar-refractivity contribution in [1.82, 2.24) is 5.32 Å². The van der Waals surface area contributed by atoms with Crippen LogP contribution in [0.3, 0.4) is 0 Å². The Balaban J connectivity index is 2.96.